The van der Waals surface area contributed by atoms with Gasteiger partial charge in [-0.1, -0.05) is 19.3 Å². The Balaban J connectivity index is 2.11. The first-order valence-electron chi connectivity index (χ1n) is 5.80. The van der Waals surface area contributed by atoms with Crippen molar-refractivity contribution in [3.8, 4) is 0 Å². The maximum absolute atomic E-state index is 12.2. The highest BCUT2D eigenvalue weighted by molar-refractivity contribution is 9.11. The molecule has 18 heavy (non-hydrogen) atoms. The number of hydrogen-bond donors (Lipinski definition) is 2. The second-order valence-corrected chi connectivity index (χ2v) is 6.07. The van der Waals surface area contributed by atoms with Gasteiger partial charge in [-0.15, -0.1) is 0 Å². The van der Waals surface area contributed by atoms with Gasteiger partial charge in [0.15, 0.2) is 5.82 Å². The highest BCUT2D eigenvalue weighted by Crippen LogP contribution is 2.28. The summed E-state index contributed by atoms with van der Waals surface area (Å²) in [5.41, 5.74) is 5.37. The first kappa shape index (κ1) is 13.9. The zero-order chi connectivity index (χ0) is 13.2. The highest BCUT2D eigenvalue weighted by Gasteiger charge is 2.35. The summed E-state index contributed by atoms with van der Waals surface area (Å²) in [5.74, 6) is 0.220. The number of anilines is 1. The summed E-state index contributed by atoms with van der Waals surface area (Å²) in [6.45, 7) is 0. The van der Waals surface area contributed by atoms with Gasteiger partial charge in [-0.2, -0.15) is 0 Å². The summed E-state index contributed by atoms with van der Waals surface area (Å²) in [6.07, 6.45) is 6.12. The minimum Gasteiger partial charge on any atom is -0.317 e. The van der Waals surface area contributed by atoms with Crippen molar-refractivity contribution in [2.45, 2.75) is 37.6 Å². The van der Waals surface area contributed by atoms with Gasteiger partial charge in [0.1, 0.15) is 9.21 Å². The van der Waals surface area contributed by atoms with Crippen molar-refractivity contribution in [3.63, 3.8) is 0 Å². The molecule has 1 saturated carbocycles. The molecule has 1 amide bonds. The maximum Gasteiger partial charge on any atom is 0.245 e. The molecule has 98 valence electrons. The number of nitrogens with zero attached hydrogens (tertiary/aromatic N) is 2. The van der Waals surface area contributed by atoms with Crippen LogP contribution in [0.25, 0.3) is 0 Å². The van der Waals surface area contributed by atoms with E-state index in [9.17, 15) is 4.79 Å². The molecule has 0 atom stereocenters. The molecule has 0 bridgehead atoms. The highest BCUT2D eigenvalue weighted by atomic mass is 79.9. The van der Waals surface area contributed by atoms with Crippen molar-refractivity contribution in [2.24, 2.45) is 5.73 Å². The van der Waals surface area contributed by atoms with Crippen molar-refractivity contribution >= 4 is 43.6 Å². The number of carbonyl (C=O) groups is 1. The molecular weight excluding hydrogens is 364 g/mol. The van der Waals surface area contributed by atoms with Gasteiger partial charge < -0.3 is 11.1 Å². The van der Waals surface area contributed by atoms with E-state index in [0.717, 1.165) is 32.1 Å². The molecule has 1 heterocycles. The van der Waals surface area contributed by atoms with Crippen LogP contribution in [0.4, 0.5) is 5.82 Å². The summed E-state index contributed by atoms with van der Waals surface area (Å²) in [6, 6.07) is 0. The summed E-state index contributed by atoms with van der Waals surface area (Å²) in [7, 11) is 0. The molecule has 7 heteroatoms. The van der Waals surface area contributed by atoms with E-state index < -0.39 is 5.54 Å². The van der Waals surface area contributed by atoms with Crippen molar-refractivity contribution in [1.82, 2.24) is 9.97 Å². The molecule has 0 radical (unpaired) electrons. The first-order valence-corrected chi connectivity index (χ1v) is 7.38. The van der Waals surface area contributed by atoms with Crippen LogP contribution in [0.2, 0.25) is 0 Å². The van der Waals surface area contributed by atoms with Crippen LogP contribution in [0.15, 0.2) is 15.4 Å². The molecule has 1 aliphatic rings. The van der Waals surface area contributed by atoms with Crippen molar-refractivity contribution in [3.05, 3.63) is 15.4 Å². The molecule has 0 spiro atoms. The molecule has 0 unspecified atom stereocenters. The van der Waals surface area contributed by atoms with Gasteiger partial charge in [-0.25, -0.2) is 9.97 Å². The molecule has 0 saturated heterocycles. The van der Waals surface area contributed by atoms with Crippen LogP contribution >= 0.6 is 31.9 Å². The Morgan fingerprint density at radius 1 is 1.33 bits per heavy atom. The van der Waals surface area contributed by atoms with Crippen LogP contribution in [-0.2, 0) is 4.79 Å². The molecule has 1 fully saturated rings. The SMILES string of the molecule is NC1(C(=O)Nc2ncc(Br)nc2Br)CCCCC1. The second kappa shape index (κ2) is 5.63. The number of halogens is 2. The molecule has 1 aliphatic carbocycles. The van der Waals surface area contributed by atoms with Gasteiger partial charge in [0.2, 0.25) is 5.91 Å². The Hall–Kier alpha value is -0.530. The van der Waals surface area contributed by atoms with E-state index in [0.29, 0.717) is 15.0 Å². The predicted octanol–water partition coefficient (Wildman–Crippen LogP) is 2.60. The number of nitrogens with one attached hydrogen (secondary N) is 1. The summed E-state index contributed by atoms with van der Waals surface area (Å²) in [4.78, 5) is 20.4. The molecule has 1 aromatic heterocycles. The molecule has 0 aromatic carbocycles. The summed E-state index contributed by atoms with van der Waals surface area (Å²) >= 11 is 6.47. The topological polar surface area (TPSA) is 80.9 Å². The lowest BCUT2D eigenvalue weighted by Crippen LogP contribution is -2.52. The average Bonchev–Trinajstić information content (AvgIpc) is 2.33. The van der Waals surface area contributed by atoms with Crippen LogP contribution < -0.4 is 11.1 Å². The van der Waals surface area contributed by atoms with Crippen LogP contribution in [0, 0.1) is 0 Å². The predicted molar refractivity (Wildman–Crippen MR) is 76.1 cm³/mol. The lowest BCUT2D eigenvalue weighted by atomic mass is 9.82. The number of nitrogens with two attached hydrogens (primary N) is 1. The number of hydrogen-bond acceptors (Lipinski definition) is 4. The zero-order valence-electron chi connectivity index (χ0n) is 9.75. The Kier molecular flexibility index (Phi) is 4.34. The fraction of sp³-hybridized carbons (Fsp3) is 0.545. The molecule has 3 N–H and O–H groups in total. The first-order chi connectivity index (χ1) is 8.51. The minimum absolute atomic E-state index is 0.181. The number of carbonyl (C=O) groups excluding carboxylic acids is 1. The Bertz CT molecular complexity index is 460. The smallest absolute Gasteiger partial charge is 0.245 e. The molecule has 1 aromatic rings. The molecular formula is C11H14Br2N4O. The average molecular weight is 378 g/mol. The van der Waals surface area contributed by atoms with Crippen LogP contribution in [0.3, 0.4) is 0 Å². The van der Waals surface area contributed by atoms with Gasteiger partial charge in [0.25, 0.3) is 0 Å². The fourth-order valence-corrected chi connectivity index (χ4v) is 2.98. The van der Waals surface area contributed by atoms with Gasteiger partial charge in [-0.3, -0.25) is 4.79 Å². The molecule has 2 rings (SSSR count). The molecule has 5 nitrogen and oxygen atoms in total. The fourth-order valence-electron chi connectivity index (χ4n) is 2.07. The van der Waals surface area contributed by atoms with E-state index in [1.807, 2.05) is 0 Å². The monoisotopic (exact) mass is 376 g/mol. The number of aromatic nitrogens is 2. The lowest BCUT2D eigenvalue weighted by molar-refractivity contribution is -0.122. The van der Waals surface area contributed by atoms with Gasteiger partial charge >= 0.3 is 0 Å². The second-order valence-electron chi connectivity index (χ2n) is 4.50. The Labute approximate surface area is 122 Å². The Morgan fingerprint density at radius 3 is 2.61 bits per heavy atom. The normalized spacial score (nSPS) is 18.4. The summed E-state index contributed by atoms with van der Waals surface area (Å²) < 4.78 is 1.09. The van der Waals surface area contributed by atoms with Crippen molar-refractivity contribution in [2.75, 3.05) is 5.32 Å². The van der Waals surface area contributed by atoms with E-state index in [4.69, 9.17) is 5.73 Å². The van der Waals surface area contributed by atoms with E-state index in [1.165, 1.54) is 6.20 Å². The zero-order valence-corrected chi connectivity index (χ0v) is 12.9. The van der Waals surface area contributed by atoms with Gasteiger partial charge in [0, 0.05) is 0 Å². The van der Waals surface area contributed by atoms with E-state index in [-0.39, 0.29) is 5.91 Å². The third kappa shape index (κ3) is 3.07. The van der Waals surface area contributed by atoms with Crippen LogP contribution in [0.1, 0.15) is 32.1 Å². The van der Waals surface area contributed by atoms with Gasteiger partial charge in [-0.05, 0) is 44.7 Å². The third-order valence-electron chi connectivity index (χ3n) is 3.13. The van der Waals surface area contributed by atoms with E-state index >= 15 is 0 Å². The standard InChI is InChI=1S/C11H14Br2N4O/c12-7-6-15-9(8(13)16-7)17-10(18)11(14)4-2-1-3-5-11/h6H,1-5,14H2,(H,15,17,18). The Morgan fingerprint density at radius 2 is 2.00 bits per heavy atom. The number of rotatable bonds is 2. The van der Waals surface area contributed by atoms with Crippen LogP contribution in [-0.4, -0.2) is 21.4 Å². The third-order valence-corrected chi connectivity index (χ3v) is 4.07. The van der Waals surface area contributed by atoms with Crippen LogP contribution in [0.5, 0.6) is 0 Å². The lowest BCUT2D eigenvalue weighted by Gasteiger charge is -2.31. The van der Waals surface area contributed by atoms with Crippen molar-refractivity contribution < 1.29 is 4.79 Å². The summed E-state index contributed by atoms with van der Waals surface area (Å²) in [5, 5.41) is 2.74. The quantitative estimate of drug-likeness (QED) is 0.829. The maximum atomic E-state index is 12.2. The minimum atomic E-state index is -0.771. The van der Waals surface area contributed by atoms with E-state index in [1.54, 1.807) is 0 Å². The number of amides is 1. The van der Waals surface area contributed by atoms with Gasteiger partial charge in [0.05, 0.1) is 11.7 Å². The van der Waals surface area contributed by atoms with E-state index in [2.05, 4.69) is 47.1 Å². The largest absolute Gasteiger partial charge is 0.317 e. The molecule has 0 aliphatic heterocycles. The van der Waals surface area contributed by atoms with Crippen molar-refractivity contribution in [1.29, 1.82) is 0 Å².